The fraction of sp³-hybridized carbons (Fsp3) is 0.188. The minimum absolute atomic E-state index is 0.191. The number of carbonyl (C=O) groups is 1. The molecule has 2 atom stereocenters. The number of hydrogen-bond donors (Lipinski definition) is 2. The van der Waals surface area contributed by atoms with E-state index in [2.05, 4.69) is 5.32 Å². The van der Waals surface area contributed by atoms with Crippen LogP contribution in [0.2, 0.25) is 0 Å². The molecular formula is C16H17FN2O. The molecule has 0 spiro atoms. The van der Waals surface area contributed by atoms with Crippen LogP contribution in [-0.2, 0) is 4.79 Å². The van der Waals surface area contributed by atoms with E-state index < -0.39 is 11.9 Å². The van der Waals surface area contributed by atoms with Crippen LogP contribution in [0.1, 0.15) is 30.1 Å². The number of halogens is 1. The Morgan fingerprint density at radius 3 is 2.35 bits per heavy atom. The molecule has 20 heavy (non-hydrogen) atoms. The largest absolute Gasteiger partial charge is 0.368 e. The number of benzene rings is 2. The Morgan fingerprint density at radius 2 is 1.75 bits per heavy atom. The van der Waals surface area contributed by atoms with Crippen LogP contribution in [0.25, 0.3) is 0 Å². The average molecular weight is 272 g/mol. The molecule has 0 aromatic heterocycles. The number of carbonyl (C=O) groups excluding carboxylic acids is 1. The lowest BCUT2D eigenvalue weighted by Gasteiger charge is -2.21. The third-order valence-electron chi connectivity index (χ3n) is 3.18. The first-order valence-electron chi connectivity index (χ1n) is 6.43. The van der Waals surface area contributed by atoms with Gasteiger partial charge >= 0.3 is 0 Å². The quantitative estimate of drug-likeness (QED) is 0.879. The van der Waals surface area contributed by atoms with Crippen LogP contribution >= 0.6 is 0 Å². The number of amides is 1. The number of hydrogen-bond acceptors (Lipinski definition) is 2. The average Bonchev–Trinajstić information content (AvgIpc) is 2.45. The normalized spacial score (nSPS) is 13.7. The minimum atomic E-state index is -0.602. The molecule has 0 aliphatic carbocycles. The minimum Gasteiger partial charge on any atom is -0.368 e. The molecule has 2 aromatic carbocycles. The zero-order valence-corrected chi connectivity index (χ0v) is 11.2. The van der Waals surface area contributed by atoms with E-state index >= 15 is 0 Å². The Balaban J connectivity index is 2.19. The molecule has 104 valence electrons. The maximum atomic E-state index is 13.2. The SMILES string of the molecule is C[C@H](N[C@@H](C(N)=O)c1ccccc1)c1cccc(F)c1. The van der Waals surface area contributed by atoms with Gasteiger partial charge in [0.2, 0.25) is 5.91 Å². The van der Waals surface area contributed by atoms with Crippen molar-refractivity contribution in [3.8, 4) is 0 Å². The Bertz CT molecular complexity index is 586. The number of nitrogens with two attached hydrogens (primary N) is 1. The number of rotatable bonds is 5. The summed E-state index contributed by atoms with van der Waals surface area (Å²) in [6.45, 7) is 1.87. The van der Waals surface area contributed by atoms with Gasteiger partial charge in [-0.2, -0.15) is 0 Å². The Hall–Kier alpha value is -2.20. The summed E-state index contributed by atoms with van der Waals surface area (Å²) in [5.74, 6) is -0.758. The van der Waals surface area contributed by atoms with E-state index in [1.807, 2.05) is 43.3 Å². The second-order valence-electron chi connectivity index (χ2n) is 4.69. The van der Waals surface area contributed by atoms with Gasteiger partial charge in [-0.25, -0.2) is 4.39 Å². The smallest absolute Gasteiger partial charge is 0.239 e. The van der Waals surface area contributed by atoms with E-state index in [-0.39, 0.29) is 11.9 Å². The zero-order chi connectivity index (χ0) is 14.5. The maximum absolute atomic E-state index is 13.2. The van der Waals surface area contributed by atoms with Crippen molar-refractivity contribution in [2.75, 3.05) is 0 Å². The maximum Gasteiger partial charge on any atom is 0.239 e. The number of primary amides is 1. The van der Waals surface area contributed by atoms with E-state index in [0.29, 0.717) is 0 Å². The van der Waals surface area contributed by atoms with Gasteiger partial charge in [-0.3, -0.25) is 10.1 Å². The van der Waals surface area contributed by atoms with Crippen LogP contribution in [-0.4, -0.2) is 5.91 Å². The molecule has 3 N–H and O–H groups in total. The highest BCUT2D eigenvalue weighted by Crippen LogP contribution is 2.20. The molecule has 0 aliphatic heterocycles. The topological polar surface area (TPSA) is 55.1 Å². The van der Waals surface area contributed by atoms with Gasteiger partial charge in [0.1, 0.15) is 11.9 Å². The van der Waals surface area contributed by atoms with Gasteiger partial charge in [0.05, 0.1) is 0 Å². The van der Waals surface area contributed by atoms with Crippen LogP contribution in [0.5, 0.6) is 0 Å². The van der Waals surface area contributed by atoms with Crippen LogP contribution in [0.15, 0.2) is 54.6 Å². The molecular weight excluding hydrogens is 255 g/mol. The van der Waals surface area contributed by atoms with Crippen LogP contribution in [0.4, 0.5) is 4.39 Å². The fourth-order valence-corrected chi connectivity index (χ4v) is 2.11. The molecule has 3 nitrogen and oxygen atoms in total. The van der Waals surface area contributed by atoms with Gasteiger partial charge < -0.3 is 5.73 Å². The molecule has 0 fully saturated rings. The molecule has 0 radical (unpaired) electrons. The van der Waals surface area contributed by atoms with Gasteiger partial charge in [0.15, 0.2) is 0 Å². The predicted molar refractivity (Wildman–Crippen MR) is 76.3 cm³/mol. The second-order valence-corrected chi connectivity index (χ2v) is 4.69. The summed E-state index contributed by atoms with van der Waals surface area (Å²) in [7, 11) is 0. The van der Waals surface area contributed by atoms with E-state index in [4.69, 9.17) is 5.73 Å². The highest BCUT2D eigenvalue weighted by molar-refractivity contribution is 5.81. The summed E-state index contributed by atoms with van der Waals surface area (Å²) >= 11 is 0. The zero-order valence-electron chi connectivity index (χ0n) is 11.2. The van der Waals surface area contributed by atoms with Crippen molar-refractivity contribution in [2.24, 2.45) is 5.73 Å². The van der Waals surface area contributed by atoms with Crippen LogP contribution in [0.3, 0.4) is 0 Å². The van der Waals surface area contributed by atoms with E-state index in [1.54, 1.807) is 6.07 Å². The van der Waals surface area contributed by atoms with Crippen molar-refractivity contribution in [1.29, 1.82) is 0 Å². The molecule has 0 saturated heterocycles. The van der Waals surface area contributed by atoms with Crippen molar-refractivity contribution < 1.29 is 9.18 Å². The first-order chi connectivity index (χ1) is 9.58. The van der Waals surface area contributed by atoms with Crippen molar-refractivity contribution in [2.45, 2.75) is 19.0 Å². The molecule has 0 saturated carbocycles. The lowest BCUT2D eigenvalue weighted by Crippen LogP contribution is -2.35. The summed E-state index contributed by atoms with van der Waals surface area (Å²) in [6.07, 6.45) is 0. The number of nitrogens with one attached hydrogen (secondary N) is 1. The molecule has 2 rings (SSSR count). The first kappa shape index (κ1) is 14.2. The second kappa shape index (κ2) is 6.30. The van der Waals surface area contributed by atoms with E-state index in [1.165, 1.54) is 12.1 Å². The highest BCUT2D eigenvalue weighted by Gasteiger charge is 2.20. The summed E-state index contributed by atoms with van der Waals surface area (Å²) in [5.41, 5.74) is 7.01. The van der Waals surface area contributed by atoms with Crippen LogP contribution in [0, 0.1) is 5.82 Å². The molecule has 0 heterocycles. The molecule has 0 unspecified atom stereocenters. The third-order valence-corrected chi connectivity index (χ3v) is 3.18. The van der Waals surface area contributed by atoms with Gasteiger partial charge in [-0.1, -0.05) is 42.5 Å². The fourth-order valence-electron chi connectivity index (χ4n) is 2.11. The summed E-state index contributed by atoms with van der Waals surface area (Å²) < 4.78 is 13.2. The summed E-state index contributed by atoms with van der Waals surface area (Å²) in [4.78, 5) is 11.6. The van der Waals surface area contributed by atoms with Gasteiger partial charge in [-0.15, -0.1) is 0 Å². The van der Waals surface area contributed by atoms with E-state index in [0.717, 1.165) is 11.1 Å². The molecule has 4 heteroatoms. The van der Waals surface area contributed by atoms with Crippen molar-refractivity contribution >= 4 is 5.91 Å². The van der Waals surface area contributed by atoms with E-state index in [9.17, 15) is 9.18 Å². The Kier molecular flexibility index (Phi) is 4.48. The standard InChI is InChI=1S/C16H17FN2O/c1-11(13-8-5-9-14(17)10-13)19-15(16(18)20)12-6-3-2-4-7-12/h2-11,15,19H,1H3,(H2,18,20)/t11-,15+/m0/s1. The monoisotopic (exact) mass is 272 g/mol. The van der Waals surface area contributed by atoms with Crippen molar-refractivity contribution in [3.63, 3.8) is 0 Å². The predicted octanol–water partition coefficient (Wildman–Crippen LogP) is 2.70. The molecule has 0 aliphatic rings. The van der Waals surface area contributed by atoms with Crippen molar-refractivity contribution in [3.05, 3.63) is 71.5 Å². The van der Waals surface area contributed by atoms with Crippen LogP contribution < -0.4 is 11.1 Å². The Labute approximate surface area is 117 Å². The summed E-state index contributed by atoms with van der Waals surface area (Å²) in [6, 6.07) is 14.7. The van der Waals surface area contributed by atoms with Gasteiger partial charge in [-0.05, 0) is 30.2 Å². The third kappa shape index (κ3) is 3.42. The summed E-state index contributed by atoms with van der Waals surface area (Å²) in [5, 5.41) is 3.14. The van der Waals surface area contributed by atoms with Gasteiger partial charge in [0, 0.05) is 6.04 Å². The van der Waals surface area contributed by atoms with Crippen molar-refractivity contribution in [1.82, 2.24) is 5.32 Å². The lowest BCUT2D eigenvalue weighted by atomic mass is 10.0. The Morgan fingerprint density at radius 1 is 1.10 bits per heavy atom. The highest BCUT2D eigenvalue weighted by atomic mass is 19.1. The molecule has 1 amide bonds. The molecule has 0 bridgehead atoms. The molecule has 2 aromatic rings. The van der Waals surface area contributed by atoms with Gasteiger partial charge in [0.25, 0.3) is 0 Å². The lowest BCUT2D eigenvalue weighted by molar-refractivity contribution is -0.120. The first-order valence-corrected chi connectivity index (χ1v) is 6.43.